The lowest BCUT2D eigenvalue weighted by Crippen LogP contribution is -2.53. The van der Waals surface area contributed by atoms with E-state index in [-0.39, 0.29) is 18.0 Å². The molecule has 3 heterocycles. The Labute approximate surface area is 221 Å². The lowest BCUT2D eigenvalue weighted by Gasteiger charge is -2.39. The first-order valence-electron chi connectivity index (χ1n) is 12.7. The summed E-state index contributed by atoms with van der Waals surface area (Å²) in [7, 11) is 0. The standard InChI is InChI=1S/C28H31N7O3/c1-19-7-5-8-20-14-15-29-25(24(19)20)34(23-9-6-16-33(17-23)27(37)38-28(2,3)4)26(36)21-10-12-22(13-11-21)35-31-18-30-32-35/h5,7-8,10-15,18,23H,6,9,16-17H2,1-4H3/t23-/m1/s1. The van der Waals surface area contributed by atoms with E-state index in [1.807, 2.05) is 52.0 Å². The molecule has 2 aromatic heterocycles. The van der Waals surface area contributed by atoms with E-state index >= 15 is 0 Å². The van der Waals surface area contributed by atoms with Gasteiger partial charge in [0.1, 0.15) is 11.4 Å². The number of aryl methyl sites for hydroxylation is 1. The molecule has 38 heavy (non-hydrogen) atoms. The number of aromatic nitrogens is 5. The Kier molecular flexibility index (Phi) is 6.79. The van der Waals surface area contributed by atoms with Crippen molar-refractivity contribution in [3.05, 3.63) is 72.2 Å². The second-order valence-corrected chi connectivity index (χ2v) is 10.5. The lowest BCUT2D eigenvalue weighted by atomic mass is 10.0. The molecule has 10 nitrogen and oxygen atoms in total. The molecule has 0 N–H and O–H groups in total. The predicted molar refractivity (Wildman–Crippen MR) is 143 cm³/mol. The van der Waals surface area contributed by atoms with Crippen molar-refractivity contribution in [1.82, 2.24) is 30.1 Å². The molecule has 1 aliphatic rings. The number of hydrogen-bond acceptors (Lipinski definition) is 7. The minimum absolute atomic E-state index is 0.192. The lowest BCUT2D eigenvalue weighted by molar-refractivity contribution is 0.0196. The van der Waals surface area contributed by atoms with Gasteiger partial charge in [-0.1, -0.05) is 18.2 Å². The Morgan fingerprint density at radius 1 is 1.08 bits per heavy atom. The highest BCUT2D eigenvalue weighted by molar-refractivity contribution is 6.10. The summed E-state index contributed by atoms with van der Waals surface area (Å²) < 4.78 is 5.64. The normalized spacial score (nSPS) is 15.9. The summed E-state index contributed by atoms with van der Waals surface area (Å²) >= 11 is 0. The van der Waals surface area contributed by atoms with Crippen molar-refractivity contribution in [3.8, 4) is 5.69 Å². The summed E-state index contributed by atoms with van der Waals surface area (Å²) in [5.41, 5.74) is 1.61. The van der Waals surface area contributed by atoms with Crippen molar-refractivity contribution < 1.29 is 14.3 Å². The van der Waals surface area contributed by atoms with Crippen molar-refractivity contribution in [3.63, 3.8) is 0 Å². The van der Waals surface area contributed by atoms with Gasteiger partial charge >= 0.3 is 6.09 Å². The van der Waals surface area contributed by atoms with Crippen molar-refractivity contribution >= 4 is 28.6 Å². The molecule has 1 aliphatic heterocycles. The van der Waals surface area contributed by atoms with Crippen LogP contribution in [0, 0.1) is 6.92 Å². The van der Waals surface area contributed by atoms with Gasteiger partial charge in [0.05, 0.1) is 11.7 Å². The van der Waals surface area contributed by atoms with Crippen LogP contribution < -0.4 is 4.90 Å². The number of fused-ring (bicyclic) bond motifs is 1. The quantitative estimate of drug-likeness (QED) is 0.394. The highest BCUT2D eigenvalue weighted by Gasteiger charge is 2.35. The molecule has 1 saturated heterocycles. The average molecular weight is 514 g/mol. The van der Waals surface area contributed by atoms with E-state index in [1.165, 1.54) is 11.1 Å². The molecular formula is C28H31N7O3. The molecule has 2 amide bonds. The summed E-state index contributed by atoms with van der Waals surface area (Å²) in [5.74, 6) is 0.394. The number of piperidine rings is 1. The third kappa shape index (κ3) is 5.20. The van der Waals surface area contributed by atoms with Crippen molar-refractivity contribution in [2.75, 3.05) is 18.0 Å². The molecular weight excluding hydrogens is 482 g/mol. The smallest absolute Gasteiger partial charge is 0.410 e. The zero-order valence-electron chi connectivity index (χ0n) is 22.0. The molecule has 196 valence electrons. The van der Waals surface area contributed by atoms with E-state index in [0.29, 0.717) is 30.2 Å². The zero-order valence-corrected chi connectivity index (χ0v) is 22.0. The maximum absolute atomic E-state index is 14.2. The highest BCUT2D eigenvalue weighted by Crippen LogP contribution is 2.32. The van der Waals surface area contributed by atoms with E-state index in [2.05, 4.69) is 15.4 Å². The van der Waals surface area contributed by atoms with Gasteiger partial charge < -0.3 is 9.64 Å². The SMILES string of the molecule is Cc1cccc2ccnc(N(C(=O)c3ccc(-n4ncnn4)cc3)[C@@H]3CCCN(C(=O)OC(C)(C)C)C3)c12. The number of rotatable bonds is 4. The molecule has 0 radical (unpaired) electrons. The fraction of sp³-hybridized carbons (Fsp3) is 0.357. The van der Waals surface area contributed by atoms with Gasteiger partial charge in [0, 0.05) is 30.2 Å². The number of carbonyl (C=O) groups is 2. The van der Waals surface area contributed by atoms with Crippen molar-refractivity contribution in [2.45, 2.75) is 52.2 Å². The van der Waals surface area contributed by atoms with Crippen LogP contribution in [0.3, 0.4) is 0 Å². The fourth-order valence-corrected chi connectivity index (χ4v) is 4.82. The number of anilines is 1. The fourth-order valence-electron chi connectivity index (χ4n) is 4.82. The summed E-state index contributed by atoms with van der Waals surface area (Å²) in [6.45, 7) is 8.50. The summed E-state index contributed by atoms with van der Waals surface area (Å²) in [5, 5.41) is 13.6. The van der Waals surface area contributed by atoms with Gasteiger partial charge in [-0.2, -0.15) is 0 Å². The molecule has 2 aromatic carbocycles. The highest BCUT2D eigenvalue weighted by atomic mass is 16.6. The maximum Gasteiger partial charge on any atom is 0.410 e. The minimum Gasteiger partial charge on any atom is -0.444 e. The zero-order chi connectivity index (χ0) is 26.9. The third-order valence-corrected chi connectivity index (χ3v) is 6.53. The topological polar surface area (TPSA) is 106 Å². The number of benzene rings is 2. The Hall–Kier alpha value is -4.34. The molecule has 0 saturated carbocycles. The van der Waals surface area contributed by atoms with Crippen LogP contribution in [-0.4, -0.2) is 66.8 Å². The number of amides is 2. The van der Waals surface area contributed by atoms with Crippen LogP contribution in [0.25, 0.3) is 16.5 Å². The van der Waals surface area contributed by atoms with Crippen LogP contribution in [0.5, 0.6) is 0 Å². The summed E-state index contributed by atoms with van der Waals surface area (Å²) in [6, 6.07) is 14.8. The number of likely N-dealkylation sites (tertiary alicyclic amines) is 1. The van der Waals surface area contributed by atoms with Gasteiger partial charge in [0.2, 0.25) is 0 Å². The van der Waals surface area contributed by atoms with Gasteiger partial charge in [-0.05, 0) is 87.0 Å². The van der Waals surface area contributed by atoms with Crippen molar-refractivity contribution in [1.29, 1.82) is 0 Å². The molecule has 0 spiro atoms. The Morgan fingerprint density at radius 3 is 2.58 bits per heavy atom. The van der Waals surface area contributed by atoms with Crippen LogP contribution in [0.2, 0.25) is 0 Å². The number of nitrogens with zero attached hydrogens (tertiary/aromatic N) is 7. The number of pyridine rings is 1. The molecule has 10 heteroatoms. The maximum atomic E-state index is 14.2. The first-order chi connectivity index (χ1) is 18.2. The van der Waals surface area contributed by atoms with E-state index in [9.17, 15) is 9.59 Å². The first-order valence-corrected chi connectivity index (χ1v) is 12.7. The van der Waals surface area contributed by atoms with Crippen LogP contribution in [0.1, 0.15) is 49.5 Å². The molecule has 4 aromatic rings. The largest absolute Gasteiger partial charge is 0.444 e. The van der Waals surface area contributed by atoms with Crippen LogP contribution in [0.4, 0.5) is 10.6 Å². The van der Waals surface area contributed by atoms with E-state index in [4.69, 9.17) is 9.72 Å². The number of carbonyl (C=O) groups excluding carboxylic acids is 2. The van der Waals surface area contributed by atoms with E-state index in [0.717, 1.165) is 29.2 Å². The summed E-state index contributed by atoms with van der Waals surface area (Å²) in [6.07, 6.45) is 4.19. The van der Waals surface area contributed by atoms with Gasteiger partial charge in [-0.15, -0.1) is 15.0 Å². The number of ether oxygens (including phenoxy) is 1. The van der Waals surface area contributed by atoms with Gasteiger partial charge in [0.25, 0.3) is 5.91 Å². The Balaban J connectivity index is 1.54. The second-order valence-electron chi connectivity index (χ2n) is 10.5. The Morgan fingerprint density at radius 2 is 1.87 bits per heavy atom. The molecule has 0 bridgehead atoms. The third-order valence-electron chi connectivity index (χ3n) is 6.53. The van der Waals surface area contributed by atoms with Crippen molar-refractivity contribution in [2.24, 2.45) is 0 Å². The van der Waals surface area contributed by atoms with Gasteiger partial charge in [-0.3, -0.25) is 9.69 Å². The predicted octanol–water partition coefficient (Wildman–Crippen LogP) is 4.57. The average Bonchev–Trinajstić information content (AvgIpc) is 3.43. The molecule has 0 unspecified atom stereocenters. The van der Waals surface area contributed by atoms with Gasteiger partial charge in [-0.25, -0.2) is 9.78 Å². The minimum atomic E-state index is -0.603. The van der Waals surface area contributed by atoms with Gasteiger partial charge in [0.15, 0.2) is 6.33 Å². The van der Waals surface area contributed by atoms with Crippen LogP contribution >= 0.6 is 0 Å². The molecule has 1 fully saturated rings. The van der Waals surface area contributed by atoms with Crippen LogP contribution in [-0.2, 0) is 4.74 Å². The van der Waals surface area contributed by atoms with Crippen LogP contribution in [0.15, 0.2) is 61.1 Å². The van der Waals surface area contributed by atoms with E-state index in [1.54, 1.807) is 40.3 Å². The second kappa shape index (κ2) is 10.2. The Bertz CT molecular complexity index is 1440. The first kappa shape index (κ1) is 25.3. The molecule has 5 rings (SSSR count). The monoisotopic (exact) mass is 513 g/mol. The number of tetrazole rings is 1. The number of hydrogen-bond donors (Lipinski definition) is 0. The molecule has 0 aliphatic carbocycles. The summed E-state index contributed by atoms with van der Waals surface area (Å²) in [4.78, 5) is 36.7. The molecule has 1 atom stereocenters. The van der Waals surface area contributed by atoms with E-state index < -0.39 is 5.60 Å².